The second-order valence-electron chi connectivity index (χ2n) is 2.72. The highest BCUT2D eigenvalue weighted by atomic mass is 19.1. The highest BCUT2D eigenvalue weighted by Gasteiger charge is 1.99. The number of aromatic nitrogens is 1. The van der Waals surface area contributed by atoms with E-state index in [0.717, 1.165) is 11.3 Å². The van der Waals surface area contributed by atoms with Crippen LogP contribution in [0.2, 0.25) is 0 Å². The summed E-state index contributed by atoms with van der Waals surface area (Å²) in [4.78, 5) is 4.06. The van der Waals surface area contributed by atoms with Gasteiger partial charge < -0.3 is 10.5 Å². The minimum Gasteiger partial charge on any atom is -0.384 e. The van der Waals surface area contributed by atoms with Gasteiger partial charge in [0, 0.05) is 5.69 Å². The van der Waals surface area contributed by atoms with Gasteiger partial charge in [0.25, 0.3) is 0 Å². The molecule has 0 saturated carbocycles. The van der Waals surface area contributed by atoms with Gasteiger partial charge in [0.1, 0.15) is 12.5 Å². The Hall–Kier alpha value is -1.16. The fourth-order valence-electron chi connectivity index (χ4n) is 0.999. The number of pyridine rings is 1. The molecule has 0 aliphatic carbocycles. The van der Waals surface area contributed by atoms with Gasteiger partial charge >= 0.3 is 0 Å². The van der Waals surface area contributed by atoms with Crippen LogP contribution >= 0.6 is 0 Å². The first-order chi connectivity index (χ1) is 6.24. The quantitative estimate of drug-likeness (QED) is 0.720. The Morgan fingerprint density at radius 3 is 2.92 bits per heavy atom. The van der Waals surface area contributed by atoms with Crippen LogP contribution in [0.15, 0.2) is 12.1 Å². The van der Waals surface area contributed by atoms with Crippen LogP contribution in [0.5, 0.6) is 0 Å². The number of nitrogens with two attached hydrogens (primary N) is 1. The van der Waals surface area contributed by atoms with E-state index in [0.29, 0.717) is 12.4 Å². The van der Waals surface area contributed by atoms with Crippen LogP contribution in [-0.2, 0) is 11.3 Å². The predicted molar refractivity (Wildman–Crippen MR) is 49.0 cm³/mol. The SMILES string of the molecule is Cc1nc(N)ccc1COCCF. The lowest BCUT2D eigenvalue weighted by Gasteiger charge is -2.05. The zero-order valence-electron chi connectivity index (χ0n) is 7.59. The number of hydrogen-bond donors (Lipinski definition) is 1. The Morgan fingerprint density at radius 1 is 1.54 bits per heavy atom. The van der Waals surface area contributed by atoms with Crippen LogP contribution in [-0.4, -0.2) is 18.3 Å². The number of rotatable bonds is 4. The van der Waals surface area contributed by atoms with Crippen molar-refractivity contribution in [2.45, 2.75) is 13.5 Å². The van der Waals surface area contributed by atoms with Crippen LogP contribution in [0, 0.1) is 6.92 Å². The molecule has 3 nitrogen and oxygen atoms in total. The third-order valence-corrected chi connectivity index (χ3v) is 1.70. The standard InChI is InChI=1S/C9H13FN2O/c1-7-8(6-13-5-4-10)2-3-9(11)12-7/h2-3H,4-6H2,1H3,(H2,11,12). The third-order valence-electron chi connectivity index (χ3n) is 1.70. The lowest BCUT2D eigenvalue weighted by atomic mass is 10.2. The molecule has 0 radical (unpaired) electrons. The van der Waals surface area contributed by atoms with Gasteiger partial charge in [0.05, 0.1) is 13.2 Å². The van der Waals surface area contributed by atoms with Crippen molar-refractivity contribution in [3.05, 3.63) is 23.4 Å². The zero-order chi connectivity index (χ0) is 9.68. The Kier molecular flexibility index (Phi) is 3.64. The summed E-state index contributed by atoms with van der Waals surface area (Å²) in [6, 6.07) is 3.55. The molecule has 0 bridgehead atoms. The van der Waals surface area contributed by atoms with Crippen molar-refractivity contribution in [3.8, 4) is 0 Å². The third kappa shape index (κ3) is 2.99. The number of halogens is 1. The van der Waals surface area contributed by atoms with Crippen LogP contribution < -0.4 is 5.73 Å². The molecule has 1 heterocycles. The number of nitrogens with zero attached hydrogens (tertiary/aromatic N) is 1. The second-order valence-corrected chi connectivity index (χ2v) is 2.72. The van der Waals surface area contributed by atoms with Crippen molar-refractivity contribution < 1.29 is 9.13 Å². The maximum atomic E-state index is 11.7. The Bertz CT molecular complexity index is 278. The first kappa shape index (κ1) is 9.92. The molecule has 0 aromatic carbocycles. The number of ether oxygens (including phenoxy) is 1. The molecule has 1 aromatic rings. The average molecular weight is 184 g/mol. The van der Waals surface area contributed by atoms with Crippen molar-refractivity contribution in [1.82, 2.24) is 4.98 Å². The van der Waals surface area contributed by atoms with Crippen molar-refractivity contribution in [2.24, 2.45) is 0 Å². The van der Waals surface area contributed by atoms with Crippen LogP contribution in [0.3, 0.4) is 0 Å². The molecule has 1 rings (SSSR count). The number of anilines is 1. The highest BCUT2D eigenvalue weighted by Crippen LogP contribution is 2.08. The molecule has 13 heavy (non-hydrogen) atoms. The Morgan fingerprint density at radius 2 is 2.31 bits per heavy atom. The number of alkyl halides is 1. The van der Waals surface area contributed by atoms with Gasteiger partial charge in [-0.05, 0) is 18.6 Å². The lowest BCUT2D eigenvalue weighted by Crippen LogP contribution is -2.01. The predicted octanol–water partition coefficient (Wildman–Crippen LogP) is 1.46. The largest absolute Gasteiger partial charge is 0.384 e. The monoisotopic (exact) mass is 184 g/mol. The second kappa shape index (κ2) is 4.77. The van der Waals surface area contributed by atoms with Crippen LogP contribution in [0.4, 0.5) is 10.2 Å². The van der Waals surface area contributed by atoms with E-state index in [9.17, 15) is 4.39 Å². The van der Waals surface area contributed by atoms with Gasteiger partial charge in [-0.1, -0.05) is 6.07 Å². The molecule has 0 spiro atoms. The first-order valence-corrected chi connectivity index (χ1v) is 4.09. The average Bonchev–Trinajstić information content (AvgIpc) is 2.09. The molecule has 1 aromatic heterocycles. The number of aryl methyl sites for hydroxylation is 1. The molecule has 2 N–H and O–H groups in total. The molecule has 0 saturated heterocycles. The summed E-state index contributed by atoms with van der Waals surface area (Å²) < 4.78 is 16.7. The van der Waals surface area contributed by atoms with E-state index in [-0.39, 0.29) is 6.61 Å². The summed E-state index contributed by atoms with van der Waals surface area (Å²) in [6.07, 6.45) is 0. The normalized spacial score (nSPS) is 10.3. The van der Waals surface area contributed by atoms with Crippen molar-refractivity contribution in [1.29, 1.82) is 0 Å². The van der Waals surface area contributed by atoms with Crippen molar-refractivity contribution in [3.63, 3.8) is 0 Å². The Balaban J connectivity index is 2.56. The molecule has 4 heteroatoms. The molecular formula is C9H13FN2O. The maximum Gasteiger partial charge on any atom is 0.123 e. The zero-order valence-corrected chi connectivity index (χ0v) is 7.59. The molecule has 0 unspecified atom stereocenters. The van der Waals surface area contributed by atoms with Gasteiger partial charge in [-0.2, -0.15) is 0 Å². The summed E-state index contributed by atoms with van der Waals surface area (Å²) in [5.41, 5.74) is 7.25. The molecule has 0 fully saturated rings. The molecule has 0 amide bonds. The molecule has 0 aliphatic heterocycles. The van der Waals surface area contributed by atoms with Crippen molar-refractivity contribution >= 4 is 5.82 Å². The van der Waals surface area contributed by atoms with E-state index in [4.69, 9.17) is 10.5 Å². The maximum absolute atomic E-state index is 11.7. The summed E-state index contributed by atoms with van der Waals surface area (Å²) >= 11 is 0. The summed E-state index contributed by atoms with van der Waals surface area (Å²) in [6.45, 7) is 1.92. The van der Waals surface area contributed by atoms with Gasteiger partial charge in [-0.25, -0.2) is 9.37 Å². The molecule has 0 aliphatic rings. The van der Waals surface area contributed by atoms with E-state index in [1.54, 1.807) is 6.07 Å². The van der Waals surface area contributed by atoms with Crippen LogP contribution in [0.1, 0.15) is 11.3 Å². The van der Waals surface area contributed by atoms with Crippen molar-refractivity contribution in [2.75, 3.05) is 19.0 Å². The number of hydrogen-bond acceptors (Lipinski definition) is 3. The first-order valence-electron chi connectivity index (χ1n) is 4.09. The van der Waals surface area contributed by atoms with E-state index >= 15 is 0 Å². The minimum atomic E-state index is -0.457. The molecule has 72 valence electrons. The van der Waals surface area contributed by atoms with Gasteiger partial charge in [-0.3, -0.25) is 0 Å². The van der Waals surface area contributed by atoms with Gasteiger partial charge in [-0.15, -0.1) is 0 Å². The minimum absolute atomic E-state index is 0.129. The lowest BCUT2D eigenvalue weighted by molar-refractivity contribution is 0.106. The van der Waals surface area contributed by atoms with E-state index in [1.807, 2.05) is 13.0 Å². The molecular weight excluding hydrogens is 171 g/mol. The summed E-state index contributed by atoms with van der Waals surface area (Å²) in [7, 11) is 0. The fraction of sp³-hybridized carbons (Fsp3) is 0.444. The van der Waals surface area contributed by atoms with E-state index in [2.05, 4.69) is 4.98 Å². The Labute approximate surface area is 76.7 Å². The number of nitrogen functional groups attached to an aromatic ring is 1. The van der Waals surface area contributed by atoms with E-state index < -0.39 is 6.67 Å². The fourth-order valence-corrected chi connectivity index (χ4v) is 0.999. The smallest absolute Gasteiger partial charge is 0.123 e. The highest BCUT2D eigenvalue weighted by molar-refractivity contribution is 5.33. The summed E-state index contributed by atoms with van der Waals surface area (Å²) in [5, 5.41) is 0. The topological polar surface area (TPSA) is 48.1 Å². The van der Waals surface area contributed by atoms with Crippen LogP contribution in [0.25, 0.3) is 0 Å². The van der Waals surface area contributed by atoms with E-state index in [1.165, 1.54) is 0 Å². The molecule has 0 atom stereocenters. The van der Waals surface area contributed by atoms with Gasteiger partial charge in [0.15, 0.2) is 0 Å². The van der Waals surface area contributed by atoms with Gasteiger partial charge in [0.2, 0.25) is 0 Å². The summed E-state index contributed by atoms with van der Waals surface area (Å²) in [5.74, 6) is 0.492.